The zero-order chi connectivity index (χ0) is 19.9. The number of aliphatic hydroxyl groups is 1. The number of hydrogen-bond donors (Lipinski definition) is 4. The molecule has 7 heteroatoms. The number of aliphatic carboxylic acids is 3. The van der Waals surface area contributed by atoms with Gasteiger partial charge in [0, 0.05) is 5.92 Å². The summed E-state index contributed by atoms with van der Waals surface area (Å²) < 4.78 is 0. The quantitative estimate of drug-likeness (QED) is 0.552. The van der Waals surface area contributed by atoms with E-state index in [1.165, 1.54) is 6.92 Å². The molecule has 7 nitrogen and oxygen atoms in total. The Morgan fingerprint density at radius 3 is 2.30 bits per heavy atom. The topological polar surface area (TPSA) is 132 Å². The molecule has 0 aromatic heterocycles. The van der Waals surface area contributed by atoms with E-state index in [0.29, 0.717) is 19.3 Å². The van der Waals surface area contributed by atoms with Crippen LogP contribution >= 0.6 is 0 Å². The predicted molar refractivity (Wildman–Crippen MR) is 92.7 cm³/mol. The van der Waals surface area contributed by atoms with E-state index >= 15 is 0 Å². The minimum Gasteiger partial charge on any atom is -0.481 e. The van der Waals surface area contributed by atoms with E-state index in [0.717, 1.165) is 12.0 Å². The van der Waals surface area contributed by atoms with Gasteiger partial charge in [0.2, 0.25) is 0 Å². The Morgan fingerprint density at radius 1 is 1.07 bits per heavy atom. The second-order valence-electron chi connectivity index (χ2n) is 9.38. The maximum absolute atomic E-state index is 12.7. The maximum atomic E-state index is 12.7. The first-order valence-corrected chi connectivity index (χ1v) is 9.58. The third-order valence-electron chi connectivity index (χ3n) is 8.68. The van der Waals surface area contributed by atoms with E-state index in [9.17, 15) is 34.8 Å². The number of aliphatic hydroxyl groups excluding tert-OH is 1. The van der Waals surface area contributed by atoms with Gasteiger partial charge in [0.25, 0.3) is 0 Å². The molecule has 0 radical (unpaired) electrons. The van der Waals surface area contributed by atoms with Crippen molar-refractivity contribution in [1.82, 2.24) is 0 Å². The number of allylic oxidation sites excluding steroid dienone is 1. The van der Waals surface area contributed by atoms with Crippen molar-refractivity contribution in [1.29, 1.82) is 0 Å². The lowest BCUT2D eigenvalue weighted by Crippen LogP contribution is -2.60. The molecule has 1 spiro atoms. The van der Waals surface area contributed by atoms with Gasteiger partial charge in [-0.2, -0.15) is 0 Å². The molecule has 0 aromatic carbocycles. The van der Waals surface area contributed by atoms with Crippen molar-refractivity contribution in [3.8, 4) is 0 Å². The van der Waals surface area contributed by atoms with E-state index in [2.05, 4.69) is 6.58 Å². The smallest absolute Gasteiger partial charge is 0.312 e. The van der Waals surface area contributed by atoms with Gasteiger partial charge in [-0.3, -0.25) is 14.4 Å². The summed E-state index contributed by atoms with van der Waals surface area (Å²) in [6, 6.07) is 0. The van der Waals surface area contributed by atoms with Crippen molar-refractivity contribution in [2.24, 2.45) is 39.9 Å². The van der Waals surface area contributed by atoms with E-state index < -0.39 is 58.0 Å². The Labute approximate surface area is 157 Å². The highest BCUT2D eigenvalue weighted by molar-refractivity contribution is 5.86. The molecule has 2 bridgehead atoms. The van der Waals surface area contributed by atoms with E-state index in [1.807, 2.05) is 0 Å². The first-order valence-electron chi connectivity index (χ1n) is 9.58. The molecule has 4 aliphatic rings. The van der Waals surface area contributed by atoms with Crippen LogP contribution in [0.3, 0.4) is 0 Å². The lowest BCUT2D eigenvalue weighted by molar-refractivity contribution is -0.191. The fraction of sp³-hybridized carbons (Fsp3) is 0.750. The normalized spacial score (nSPS) is 50.7. The van der Waals surface area contributed by atoms with Crippen molar-refractivity contribution in [3.63, 3.8) is 0 Å². The van der Waals surface area contributed by atoms with Crippen LogP contribution < -0.4 is 0 Å². The van der Waals surface area contributed by atoms with Crippen LogP contribution in [-0.2, 0) is 14.4 Å². The molecule has 0 heterocycles. The Hall–Kier alpha value is -1.89. The van der Waals surface area contributed by atoms with E-state index in [-0.39, 0.29) is 18.8 Å². The fourth-order valence-electron chi connectivity index (χ4n) is 7.69. The summed E-state index contributed by atoms with van der Waals surface area (Å²) in [6.45, 7) is 5.45. The summed E-state index contributed by atoms with van der Waals surface area (Å²) >= 11 is 0. The van der Waals surface area contributed by atoms with Gasteiger partial charge >= 0.3 is 17.9 Å². The second kappa shape index (κ2) is 5.34. The lowest BCUT2D eigenvalue weighted by atomic mass is 9.51. The van der Waals surface area contributed by atoms with Crippen LogP contribution in [0.2, 0.25) is 0 Å². The molecule has 4 fully saturated rings. The Balaban J connectivity index is 2.02. The monoisotopic (exact) mass is 378 g/mol. The van der Waals surface area contributed by atoms with Gasteiger partial charge in [-0.15, -0.1) is 0 Å². The molecular weight excluding hydrogens is 352 g/mol. The number of carboxylic acids is 3. The highest BCUT2D eigenvalue weighted by atomic mass is 16.4. The minimum atomic E-state index is -1.81. The summed E-state index contributed by atoms with van der Waals surface area (Å²) in [7, 11) is 0. The number of rotatable bonds is 3. The van der Waals surface area contributed by atoms with Crippen molar-refractivity contribution < 1.29 is 34.8 Å². The molecule has 27 heavy (non-hydrogen) atoms. The van der Waals surface area contributed by atoms with Gasteiger partial charge in [0.15, 0.2) is 0 Å². The molecule has 0 aliphatic heterocycles. The molecule has 148 valence electrons. The number of carboxylic acid groups (broad SMARTS) is 3. The third-order valence-corrected chi connectivity index (χ3v) is 8.68. The Bertz CT molecular complexity index is 759. The number of hydrogen-bond acceptors (Lipinski definition) is 4. The number of fused-ring (bicyclic) bond motifs is 3. The van der Waals surface area contributed by atoms with Gasteiger partial charge in [-0.1, -0.05) is 12.2 Å². The van der Waals surface area contributed by atoms with Crippen molar-refractivity contribution in [3.05, 3.63) is 12.2 Å². The largest absolute Gasteiger partial charge is 0.481 e. The van der Waals surface area contributed by atoms with Crippen LogP contribution in [0.4, 0.5) is 0 Å². The van der Waals surface area contributed by atoms with E-state index in [1.54, 1.807) is 0 Å². The molecular formula is C20H26O7. The van der Waals surface area contributed by atoms with Crippen molar-refractivity contribution in [2.75, 3.05) is 0 Å². The molecule has 0 saturated heterocycles. The lowest BCUT2D eigenvalue weighted by Gasteiger charge is -2.51. The highest BCUT2D eigenvalue weighted by Crippen LogP contribution is 2.77. The summed E-state index contributed by atoms with van der Waals surface area (Å²) in [5, 5.41) is 41.1. The number of carbonyl (C=O) groups is 3. The fourth-order valence-corrected chi connectivity index (χ4v) is 7.69. The molecule has 4 saturated carbocycles. The highest BCUT2D eigenvalue weighted by Gasteiger charge is 2.80. The van der Waals surface area contributed by atoms with Crippen molar-refractivity contribution in [2.45, 2.75) is 51.6 Å². The predicted octanol–water partition coefficient (Wildman–Crippen LogP) is 2.00. The van der Waals surface area contributed by atoms with E-state index in [4.69, 9.17) is 0 Å². The zero-order valence-electron chi connectivity index (χ0n) is 15.4. The Morgan fingerprint density at radius 2 is 1.74 bits per heavy atom. The molecule has 8 atom stereocenters. The first kappa shape index (κ1) is 18.5. The average Bonchev–Trinajstić information content (AvgIpc) is 2.99. The molecule has 4 aliphatic carbocycles. The van der Waals surface area contributed by atoms with Gasteiger partial charge < -0.3 is 20.4 Å². The van der Waals surface area contributed by atoms with Gasteiger partial charge in [0.05, 0.1) is 22.9 Å². The molecule has 4 rings (SSSR count). The summed E-state index contributed by atoms with van der Waals surface area (Å²) in [5.74, 6) is -6.08. The second-order valence-corrected chi connectivity index (χ2v) is 9.38. The van der Waals surface area contributed by atoms with Crippen molar-refractivity contribution >= 4 is 17.9 Å². The van der Waals surface area contributed by atoms with Crippen LogP contribution in [0.25, 0.3) is 0 Å². The molecule has 0 amide bonds. The summed E-state index contributed by atoms with van der Waals surface area (Å²) in [4.78, 5) is 37.4. The van der Waals surface area contributed by atoms with Crippen LogP contribution in [-0.4, -0.2) is 44.4 Å². The van der Waals surface area contributed by atoms with Gasteiger partial charge in [-0.25, -0.2) is 0 Å². The van der Waals surface area contributed by atoms with Gasteiger partial charge in [-0.05, 0) is 62.7 Å². The summed E-state index contributed by atoms with van der Waals surface area (Å²) in [5.41, 5.74) is -3.08. The third kappa shape index (κ3) is 1.88. The van der Waals surface area contributed by atoms with Crippen LogP contribution in [0, 0.1) is 39.9 Å². The Kier molecular flexibility index (Phi) is 3.65. The van der Waals surface area contributed by atoms with Crippen LogP contribution in [0.15, 0.2) is 12.2 Å². The zero-order valence-corrected chi connectivity index (χ0v) is 15.4. The standard InChI is InChI=1S/C20H26O7/c1-9-7-19-8-10(9)3-4-11(19)20(17(26)27)6-5-12(21)18(2,16(24)25)14(20)13(19)15(22)23/h10-14,21H,1,3-8H2,2H3,(H,22,23)(H,24,25)(H,26,27)/t10-,11+,12-,13+,14+,18+,19-,20+/m0/s1. The maximum Gasteiger partial charge on any atom is 0.312 e. The summed E-state index contributed by atoms with van der Waals surface area (Å²) in [6.07, 6.45) is 1.24. The average molecular weight is 378 g/mol. The molecule has 0 unspecified atom stereocenters. The molecule has 4 N–H and O–H groups in total. The van der Waals surface area contributed by atoms with Crippen LogP contribution in [0.5, 0.6) is 0 Å². The first-order chi connectivity index (χ1) is 12.5. The van der Waals surface area contributed by atoms with Gasteiger partial charge in [0.1, 0.15) is 0 Å². The minimum absolute atomic E-state index is 0.0505. The van der Waals surface area contributed by atoms with Crippen LogP contribution in [0.1, 0.15) is 45.4 Å². The molecule has 0 aromatic rings. The SMILES string of the molecule is C=C1C[C@]23C[C@@H]1CC[C@H]2[C@]1(C(=O)O)CC[C@H](O)[C@@](C)(C(=O)O)[C@H]1[C@@H]3C(=O)O.